The van der Waals surface area contributed by atoms with Crippen LogP contribution in [0.5, 0.6) is 0 Å². The molecule has 0 spiro atoms. The van der Waals surface area contributed by atoms with Crippen LogP contribution in [-0.2, 0) is 24.3 Å². The number of halogens is 1. The van der Waals surface area contributed by atoms with Crippen molar-refractivity contribution in [2.75, 3.05) is 0 Å². The van der Waals surface area contributed by atoms with Crippen LogP contribution >= 0.6 is 11.6 Å². The molecule has 0 fully saturated rings. The molecule has 0 atom stereocenters. The second kappa shape index (κ2) is 6.10. The zero-order chi connectivity index (χ0) is 14.7. The number of carbonyl (C=O) groups excluding carboxylic acids is 1. The van der Waals surface area contributed by atoms with Gasteiger partial charge in [0.1, 0.15) is 5.82 Å². The average molecular weight is 303 g/mol. The van der Waals surface area contributed by atoms with Crippen molar-refractivity contribution in [1.82, 2.24) is 20.1 Å². The molecule has 3 rings (SSSR count). The second-order valence-electron chi connectivity index (χ2n) is 4.86. The molecular weight excluding hydrogens is 288 g/mol. The predicted molar refractivity (Wildman–Crippen MR) is 80.7 cm³/mol. The maximum atomic E-state index is 11.8. The van der Waals surface area contributed by atoms with Crippen LogP contribution in [0, 0.1) is 0 Å². The maximum absolute atomic E-state index is 11.8. The molecule has 5 nitrogen and oxygen atoms in total. The summed E-state index contributed by atoms with van der Waals surface area (Å²) in [6.45, 7) is 1.32. The highest BCUT2D eigenvalue weighted by molar-refractivity contribution is 6.32. The predicted octanol–water partition coefficient (Wildman–Crippen LogP) is 2.21. The lowest BCUT2D eigenvalue weighted by atomic mass is 10.2. The Morgan fingerprint density at radius 1 is 1.38 bits per heavy atom. The van der Waals surface area contributed by atoms with Crippen LogP contribution in [-0.4, -0.2) is 20.7 Å². The molecule has 0 bridgehead atoms. The number of hydrogen-bond acceptors (Lipinski definition) is 3. The molecule has 6 heteroatoms. The summed E-state index contributed by atoms with van der Waals surface area (Å²) in [6.07, 6.45) is 5.24. The average Bonchev–Trinajstić information content (AvgIpc) is 3.08. The molecule has 0 saturated carbocycles. The highest BCUT2D eigenvalue weighted by Gasteiger charge is 2.16. The number of aromatic nitrogens is 3. The first kappa shape index (κ1) is 13.8. The molecule has 0 saturated heterocycles. The van der Waals surface area contributed by atoms with E-state index in [-0.39, 0.29) is 5.91 Å². The van der Waals surface area contributed by atoms with Gasteiger partial charge in [-0.25, -0.2) is 0 Å². The van der Waals surface area contributed by atoms with E-state index >= 15 is 0 Å². The first-order valence-corrected chi connectivity index (χ1v) is 7.23. The Labute approximate surface area is 127 Å². The molecule has 1 aromatic heterocycles. The third kappa shape index (κ3) is 3.13. The molecule has 1 amide bonds. The Hall–Kier alpha value is -2.14. The largest absolute Gasteiger partial charge is 0.345 e. The van der Waals surface area contributed by atoms with E-state index in [1.165, 1.54) is 6.08 Å². The Bertz CT molecular complexity index is 693. The van der Waals surface area contributed by atoms with Crippen molar-refractivity contribution < 1.29 is 4.79 Å². The van der Waals surface area contributed by atoms with E-state index < -0.39 is 0 Å². The normalized spacial score (nSPS) is 13.6. The van der Waals surface area contributed by atoms with Gasteiger partial charge in [-0.2, -0.15) is 0 Å². The molecule has 2 heterocycles. The van der Waals surface area contributed by atoms with Gasteiger partial charge in [0.25, 0.3) is 0 Å². The molecule has 1 N–H and O–H groups in total. The zero-order valence-electron chi connectivity index (χ0n) is 11.4. The Balaban J connectivity index is 1.58. The standard InChI is InChI=1S/C15H15ClN4O/c16-12-5-2-1-4-11(12)7-8-15(21)17-10-14-19-18-13-6-3-9-20(13)14/h1-2,4-5,7-8H,3,6,9-10H2,(H,17,21). The van der Waals surface area contributed by atoms with E-state index in [4.69, 9.17) is 11.6 Å². The van der Waals surface area contributed by atoms with Gasteiger partial charge < -0.3 is 9.88 Å². The summed E-state index contributed by atoms with van der Waals surface area (Å²) in [7, 11) is 0. The van der Waals surface area contributed by atoms with Gasteiger partial charge in [-0.15, -0.1) is 10.2 Å². The van der Waals surface area contributed by atoms with E-state index in [9.17, 15) is 4.79 Å². The summed E-state index contributed by atoms with van der Waals surface area (Å²) in [5.74, 6) is 1.64. The lowest BCUT2D eigenvalue weighted by Crippen LogP contribution is -2.22. The number of aryl methyl sites for hydroxylation is 1. The fourth-order valence-electron chi connectivity index (χ4n) is 2.34. The Morgan fingerprint density at radius 3 is 3.10 bits per heavy atom. The van der Waals surface area contributed by atoms with Gasteiger partial charge in [-0.05, 0) is 24.1 Å². The van der Waals surface area contributed by atoms with Crippen molar-refractivity contribution in [1.29, 1.82) is 0 Å². The van der Waals surface area contributed by atoms with Gasteiger partial charge in [-0.3, -0.25) is 4.79 Å². The summed E-state index contributed by atoms with van der Waals surface area (Å²) in [5, 5.41) is 11.6. The Morgan fingerprint density at radius 2 is 2.24 bits per heavy atom. The van der Waals surface area contributed by atoms with Gasteiger partial charge in [-0.1, -0.05) is 29.8 Å². The minimum Gasteiger partial charge on any atom is -0.345 e. The molecule has 1 aliphatic heterocycles. The molecule has 0 unspecified atom stereocenters. The number of nitrogens with zero attached hydrogens (tertiary/aromatic N) is 3. The summed E-state index contributed by atoms with van der Waals surface area (Å²) >= 11 is 6.03. The fraction of sp³-hybridized carbons (Fsp3) is 0.267. The van der Waals surface area contributed by atoms with Crippen LogP contribution < -0.4 is 5.32 Å². The van der Waals surface area contributed by atoms with Crippen molar-refractivity contribution in [3.05, 3.63) is 52.6 Å². The quantitative estimate of drug-likeness (QED) is 0.881. The van der Waals surface area contributed by atoms with Gasteiger partial charge in [0.2, 0.25) is 5.91 Å². The van der Waals surface area contributed by atoms with E-state index in [0.29, 0.717) is 11.6 Å². The lowest BCUT2D eigenvalue weighted by Gasteiger charge is -2.03. The minimum atomic E-state index is -0.176. The molecular formula is C15H15ClN4O. The number of amides is 1. The van der Waals surface area contributed by atoms with Gasteiger partial charge in [0.05, 0.1) is 6.54 Å². The van der Waals surface area contributed by atoms with Crippen LogP contribution in [0.25, 0.3) is 6.08 Å². The number of benzene rings is 1. The first-order valence-electron chi connectivity index (χ1n) is 6.85. The van der Waals surface area contributed by atoms with Crippen LogP contribution in [0.15, 0.2) is 30.3 Å². The van der Waals surface area contributed by atoms with Crippen LogP contribution in [0.3, 0.4) is 0 Å². The van der Waals surface area contributed by atoms with Crippen LogP contribution in [0.2, 0.25) is 5.02 Å². The first-order chi connectivity index (χ1) is 10.2. The second-order valence-corrected chi connectivity index (χ2v) is 5.27. The van der Waals surface area contributed by atoms with Crippen molar-refractivity contribution in [2.45, 2.75) is 25.9 Å². The number of nitrogens with one attached hydrogen (secondary N) is 1. The molecule has 2 aromatic rings. The van der Waals surface area contributed by atoms with Crippen molar-refractivity contribution in [3.8, 4) is 0 Å². The third-order valence-corrected chi connectivity index (χ3v) is 3.77. The lowest BCUT2D eigenvalue weighted by molar-refractivity contribution is -0.116. The number of carbonyl (C=O) groups is 1. The molecule has 1 aromatic carbocycles. The van der Waals surface area contributed by atoms with Gasteiger partial charge in [0, 0.05) is 24.1 Å². The van der Waals surface area contributed by atoms with Gasteiger partial charge in [0.15, 0.2) is 5.82 Å². The highest BCUT2D eigenvalue weighted by atomic mass is 35.5. The van der Waals surface area contributed by atoms with Crippen molar-refractivity contribution >= 4 is 23.6 Å². The summed E-state index contributed by atoms with van der Waals surface area (Å²) in [5.41, 5.74) is 0.817. The SMILES string of the molecule is O=C(C=Cc1ccccc1Cl)NCc1nnc2n1CCC2. The smallest absolute Gasteiger partial charge is 0.244 e. The monoisotopic (exact) mass is 302 g/mol. The van der Waals surface area contributed by atoms with Crippen LogP contribution in [0.1, 0.15) is 23.6 Å². The maximum Gasteiger partial charge on any atom is 0.244 e. The summed E-state index contributed by atoms with van der Waals surface area (Å²) in [6, 6.07) is 7.38. The molecule has 108 valence electrons. The fourth-order valence-corrected chi connectivity index (χ4v) is 2.54. The van der Waals surface area contributed by atoms with E-state index in [1.807, 2.05) is 18.2 Å². The molecule has 0 aliphatic carbocycles. The van der Waals surface area contributed by atoms with Gasteiger partial charge >= 0.3 is 0 Å². The topological polar surface area (TPSA) is 59.8 Å². The molecule has 0 radical (unpaired) electrons. The number of rotatable bonds is 4. The molecule has 21 heavy (non-hydrogen) atoms. The highest BCUT2D eigenvalue weighted by Crippen LogP contribution is 2.16. The zero-order valence-corrected chi connectivity index (χ0v) is 12.2. The van der Waals surface area contributed by atoms with Crippen molar-refractivity contribution in [2.24, 2.45) is 0 Å². The molecule has 1 aliphatic rings. The third-order valence-electron chi connectivity index (χ3n) is 3.43. The number of hydrogen-bond donors (Lipinski definition) is 1. The number of fused-ring (bicyclic) bond motifs is 1. The van der Waals surface area contributed by atoms with E-state index in [1.54, 1.807) is 12.1 Å². The summed E-state index contributed by atoms with van der Waals surface area (Å²) < 4.78 is 2.07. The van der Waals surface area contributed by atoms with E-state index in [0.717, 1.165) is 36.6 Å². The Kier molecular flexibility index (Phi) is 4.01. The minimum absolute atomic E-state index is 0.176. The van der Waals surface area contributed by atoms with Crippen molar-refractivity contribution in [3.63, 3.8) is 0 Å². The van der Waals surface area contributed by atoms with E-state index in [2.05, 4.69) is 20.1 Å². The van der Waals surface area contributed by atoms with Crippen LogP contribution in [0.4, 0.5) is 0 Å². The summed E-state index contributed by atoms with van der Waals surface area (Å²) in [4.78, 5) is 11.8.